The Kier molecular flexibility index (Phi) is 5.56. The highest BCUT2D eigenvalue weighted by Gasteiger charge is 2.24. The summed E-state index contributed by atoms with van der Waals surface area (Å²) in [6.07, 6.45) is 0. The number of thiophene rings is 1. The van der Waals surface area contributed by atoms with Crippen molar-refractivity contribution in [3.05, 3.63) is 21.4 Å². The van der Waals surface area contributed by atoms with Crippen molar-refractivity contribution in [1.82, 2.24) is 10.6 Å². The van der Waals surface area contributed by atoms with E-state index in [1.54, 1.807) is 18.3 Å². The molecule has 0 fully saturated rings. The van der Waals surface area contributed by atoms with Crippen LogP contribution in [0.5, 0.6) is 0 Å². The number of amides is 3. The second-order valence-corrected chi connectivity index (χ2v) is 6.79. The van der Waals surface area contributed by atoms with E-state index < -0.39 is 12.1 Å². The van der Waals surface area contributed by atoms with Crippen LogP contribution in [0.1, 0.15) is 42.1 Å². The molecule has 4 N–H and O–H groups in total. The molecule has 0 radical (unpaired) electrons. The largest absolute Gasteiger partial charge is 0.352 e. The smallest absolute Gasteiger partial charge is 0.312 e. The number of nitrogens with two attached hydrogens (primary N) is 1. The predicted molar refractivity (Wildman–Crippen MR) is 81.7 cm³/mol. The normalized spacial score (nSPS) is 13.9. The molecular formula is C14H23N3O2S. The van der Waals surface area contributed by atoms with Gasteiger partial charge in [-0.25, -0.2) is 4.79 Å². The molecule has 0 saturated heterocycles. The van der Waals surface area contributed by atoms with E-state index in [-0.39, 0.29) is 17.9 Å². The highest BCUT2D eigenvalue weighted by molar-refractivity contribution is 7.12. The van der Waals surface area contributed by atoms with Gasteiger partial charge in [-0.3, -0.25) is 4.79 Å². The van der Waals surface area contributed by atoms with Gasteiger partial charge in [0.2, 0.25) is 5.91 Å². The molecule has 0 spiro atoms. The fourth-order valence-corrected chi connectivity index (χ4v) is 3.09. The van der Waals surface area contributed by atoms with Gasteiger partial charge in [0.05, 0.1) is 6.04 Å². The fourth-order valence-electron chi connectivity index (χ4n) is 2.12. The predicted octanol–water partition coefficient (Wildman–Crippen LogP) is 2.24. The molecule has 1 aromatic rings. The third-order valence-electron chi connectivity index (χ3n) is 3.13. The van der Waals surface area contributed by atoms with Gasteiger partial charge >= 0.3 is 6.03 Å². The topological polar surface area (TPSA) is 84.2 Å². The minimum atomic E-state index is -0.698. The van der Waals surface area contributed by atoms with Crippen molar-refractivity contribution in [3.8, 4) is 0 Å². The zero-order chi connectivity index (χ0) is 15.4. The summed E-state index contributed by atoms with van der Waals surface area (Å²) in [5, 5.41) is 5.38. The van der Waals surface area contributed by atoms with E-state index >= 15 is 0 Å². The molecule has 1 aromatic heterocycles. The highest BCUT2D eigenvalue weighted by atomic mass is 32.1. The molecule has 1 rings (SSSR count). The van der Waals surface area contributed by atoms with Crippen molar-refractivity contribution in [2.45, 2.75) is 46.7 Å². The summed E-state index contributed by atoms with van der Waals surface area (Å²) in [6, 6.07) is 0.701. The molecular weight excluding hydrogens is 274 g/mol. The Labute approximate surface area is 123 Å². The van der Waals surface area contributed by atoms with E-state index in [2.05, 4.69) is 44.4 Å². The average Bonchev–Trinajstić information content (AvgIpc) is 2.63. The van der Waals surface area contributed by atoms with Crippen LogP contribution in [0, 0.1) is 19.8 Å². The molecule has 2 atom stereocenters. The van der Waals surface area contributed by atoms with Crippen LogP contribution in [0.15, 0.2) is 6.07 Å². The number of carbonyl (C=O) groups is 2. The molecule has 0 unspecified atom stereocenters. The number of rotatable bonds is 5. The molecule has 1 heterocycles. The van der Waals surface area contributed by atoms with Gasteiger partial charge in [0.25, 0.3) is 0 Å². The van der Waals surface area contributed by atoms with Crippen LogP contribution >= 0.6 is 11.3 Å². The van der Waals surface area contributed by atoms with Crippen molar-refractivity contribution >= 4 is 23.3 Å². The van der Waals surface area contributed by atoms with Gasteiger partial charge in [-0.15, -0.1) is 11.3 Å². The van der Waals surface area contributed by atoms with Crippen molar-refractivity contribution in [2.24, 2.45) is 11.7 Å². The molecule has 6 heteroatoms. The second kappa shape index (κ2) is 6.74. The van der Waals surface area contributed by atoms with Gasteiger partial charge in [0.15, 0.2) is 0 Å². The van der Waals surface area contributed by atoms with E-state index in [0.29, 0.717) is 0 Å². The number of carbonyl (C=O) groups excluding carboxylic acids is 2. The van der Waals surface area contributed by atoms with Gasteiger partial charge in [0, 0.05) is 9.75 Å². The summed E-state index contributed by atoms with van der Waals surface area (Å²) in [6.45, 7) is 9.84. The maximum Gasteiger partial charge on any atom is 0.312 e. The monoisotopic (exact) mass is 297 g/mol. The van der Waals surface area contributed by atoms with E-state index in [4.69, 9.17) is 5.73 Å². The second-order valence-electron chi connectivity index (χ2n) is 5.33. The summed E-state index contributed by atoms with van der Waals surface area (Å²) in [7, 11) is 0. The Balaban J connectivity index is 2.86. The van der Waals surface area contributed by atoms with E-state index in [1.807, 2.05) is 0 Å². The summed E-state index contributed by atoms with van der Waals surface area (Å²) in [5.74, 6) is 0.0261. The van der Waals surface area contributed by atoms with E-state index in [1.165, 1.54) is 9.75 Å². The third kappa shape index (κ3) is 4.23. The van der Waals surface area contributed by atoms with Crippen molar-refractivity contribution < 1.29 is 9.59 Å². The lowest BCUT2D eigenvalue weighted by molar-refractivity contribution is -0.123. The summed E-state index contributed by atoms with van der Waals surface area (Å²) in [5.41, 5.74) is 6.17. The Hall–Kier alpha value is -1.56. The number of nitrogens with one attached hydrogen (secondary N) is 2. The first-order valence-corrected chi connectivity index (χ1v) is 7.47. The van der Waals surface area contributed by atoms with Gasteiger partial charge in [-0.05, 0) is 38.3 Å². The van der Waals surface area contributed by atoms with Crippen molar-refractivity contribution in [3.63, 3.8) is 0 Å². The summed E-state index contributed by atoms with van der Waals surface area (Å²) in [4.78, 5) is 25.3. The minimum Gasteiger partial charge on any atom is -0.352 e. The minimum absolute atomic E-state index is 0.0652. The van der Waals surface area contributed by atoms with E-state index in [9.17, 15) is 9.59 Å². The number of urea groups is 1. The molecule has 3 amide bonds. The van der Waals surface area contributed by atoms with Crippen molar-refractivity contribution in [2.75, 3.05) is 0 Å². The molecule has 0 saturated carbocycles. The lowest BCUT2D eigenvalue weighted by atomic mass is 9.96. The van der Waals surface area contributed by atoms with Crippen LogP contribution in [0.25, 0.3) is 0 Å². The molecule has 112 valence electrons. The molecule has 0 aliphatic rings. The first-order valence-electron chi connectivity index (χ1n) is 6.65. The standard InChI is InChI=1S/C14H23N3O2S/c1-7(2)12(11-6-8(3)20-10(11)5)17-13(18)9(4)16-14(15)19/h6-7,9,12H,1-5H3,(H,17,18)(H3,15,16,19)/t9-,12+/m1/s1. The Morgan fingerprint density at radius 1 is 1.20 bits per heavy atom. The fraction of sp³-hybridized carbons (Fsp3) is 0.571. The molecule has 0 aliphatic carbocycles. The van der Waals surface area contributed by atoms with Gasteiger partial charge in [-0.1, -0.05) is 13.8 Å². The number of hydrogen-bond donors (Lipinski definition) is 3. The van der Waals surface area contributed by atoms with Crippen LogP contribution in [-0.2, 0) is 4.79 Å². The molecule has 0 bridgehead atoms. The summed E-state index contributed by atoms with van der Waals surface area (Å²) < 4.78 is 0. The van der Waals surface area contributed by atoms with Crippen molar-refractivity contribution in [1.29, 1.82) is 0 Å². The highest BCUT2D eigenvalue weighted by Crippen LogP contribution is 2.30. The average molecular weight is 297 g/mol. The molecule has 0 aliphatic heterocycles. The number of hydrogen-bond acceptors (Lipinski definition) is 3. The Morgan fingerprint density at radius 3 is 2.20 bits per heavy atom. The third-order valence-corrected chi connectivity index (χ3v) is 4.11. The Bertz CT molecular complexity index is 497. The van der Waals surface area contributed by atoms with Gasteiger partial charge < -0.3 is 16.4 Å². The van der Waals surface area contributed by atoms with Crippen LogP contribution in [0.2, 0.25) is 0 Å². The van der Waals surface area contributed by atoms with Crippen LogP contribution in [0.4, 0.5) is 4.79 Å². The zero-order valence-corrected chi connectivity index (χ0v) is 13.4. The molecule has 5 nitrogen and oxygen atoms in total. The van der Waals surface area contributed by atoms with Crippen LogP contribution < -0.4 is 16.4 Å². The first-order chi connectivity index (χ1) is 9.22. The number of aryl methyl sites for hydroxylation is 2. The van der Waals surface area contributed by atoms with Crippen LogP contribution in [0.3, 0.4) is 0 Å². The molecule has 20 heavy (non-hydrogen) atoms. The van der Waals surface area contributed by atoms with Gasteiger partial charge in [0.1, 0.15) is 6.04 Å². The quantitative estimate of drug-likeness (QED) is 0.778. The maximum absolute atomic E-state index is 12.1. The lowest BCUT2D eigenvalue weighted by Gasteiger charge is -2.24. The lowest BCUT2D eigenvalue weighted by Crippen LogP contribution is -2.48. The SMILES string of the molecule is Cc1cc([C@@H](NC(=O)[C@@H](C)NC(N)=O)C(C)C)c(C)s1. The molecule has 0 aromatic carbocycles. The van der Waals surface area contributed by atoms with Crippen LogP contribution in [-0.4, -0.2) is 18.0 Å². The number of primary amides is 1. The maximum atomic E-state index is 12.1. The van der Waals surface area contributed by atoms with Gasteiger partial charge in [-0.2, -0.15) is 0 Å². The zero-order valence-electron chi connectivity index (χ0n) is 12.6. The Morgan fingerprint density at radius 2 is 1.80 bits per heavy atom. The first kappa shape index (κ1) is 16.5. The summed E-state index contributed by atoms with van der Waals surface area (Å²) >= 11 is 1.72. The van der Waals surface area contributed by atoms with E-state index in [0.717, 1.165) is 5.56 Å².